The van der Waals surface area contributed by atoms with Gasteiger partial charge >= 0.3 is 0 Å². The van der Waals surface area contributed by atoms with Gasteiger partial charge in [-0.15, -0.1) is 0 Å². The average Bonchev–Trinajstić information content (AvgIpc) is 2.80. The number of hydrogen-bond acceptors (Lipinski definition) is 4. The zero-order chi connectivity index (χ0) is 16.4. The maximum Gasteiger partial charge on any atom is 0.263 e. The van der Waals surface area contributed by atoms with Gasteiger partial charge in [0.25, 0.3) is 5.91 Å². The molecular formula is C16H9BBrNO2S2. The van der Waals surface area contributed by atoms with Gasteiger partial charge in [-0.2, -0.15) is 0 Å². The Bertz CT molecular complexity index is 839. The third-order valence-corrected chi connectivity index (χ3v) is 4.64. The second-order valence-corrected chi connectivity index (χ2v) is 7.34. The van der Waals surface area contributed by atoms with Crippen LogP contribution in [0.15, 0.2) is 51.8 Å². The lowest BCUT2D eigenvalue weighted by molar-refractivity contribution is -0.115. The first kappa shape index (κ1) is 16.3. The molecule has 1 saturated heterocycles. The summed E-state index contributed by atoms with van der Waals surface area (Å²) in [5.74, 6) is 1.05. The summed E-state index contributed by atoms with van der Waals surface area (Å²) in [6, 6.07) is 12.8. The number of benzene rings is 2. The number of thiocarbonyl (C=S) groups is 1. The van der Waals surface area contributed by atoms with Crippen LogP contribution in [0.25, 0.3) is 6.08 Å². The van der Waals surface area contributed by atoms with E-state index in [1.165, 1.54) is 11.8 Å². The number of rotatable bonds is 3. The fourth-order valence-corrected chi connectivity index (χ4v) is 3.41. The molecular weight excluding hydrogens is 393 g/mol. The van der Waals surface area contributed by atoms with E-state index >= 15 is 0 Å². The minimum absolute atomic E-state index is 0.199. The highest BCUT2D eigenvalue weighted by Crippen LogP contribution is 2.33. The normalized spacial score (nSPS) is 15.8. The molecule has 7 heteroatoms. The highest BCUT2D eigenvalue weighted by molar-refractivity contribution is 9.10. The van der Waals surface area contributed by atoms with Crippen molar-refractivity contribution in [1.82, 2.24) is 5.32 Å². The Morgan fingerprint density at radius 2 is 2.09 bits per heavy atom. The molecule has 3 rings (SSSR count). The Morgan fingerprint density at radius 3 is 2.78 bits per heavy atom. The number of carbonyl (C=O) groups excluding carboxylic acids is 1. The van der Waals surface area contributed by atoms with Crippen LogP contribution < -0.4 is 15.5 Å². The van der Waals surface area contributed by atoms with Crippen molar-refractivity contribution in [3.05, 3.63) is 57.4 Å². The number of nitrogens with one attached hydrogen (secondary N) is 1. The minimum atomic E-state index is -0.199. The highest BCUT2D eigenvalue weighted by Gasteiger charge is 2.22. The van der Waals surface area contributed by atoms with Crippen LogP contribution in [0.1, 0.15) is 5.56 Å². The predicted molar refractivity (Wildman–Crippen MR) is 102 cm³/mol. The van der Waals surface area contributed by atoms with Crippen molar-refractivity contribution in [3.8, 4) is 11.5 Å². The molecule has 2 radical (unpaired) electrons. The van der Waals surface area contributed by atoms with Crippen LogP contribution in [0.3, 0.4) is 0 Å². The molecule has 2 aromatic rings. The highest BCUT2D eigenvalue weighted by atomic mass is 79.9. The fraction of sp³-hybridized carbons (Fsp3) is 0. The van der Waals surface area contributed by atoms with E-state index in [1.807, 2.05) is 30.3 Å². The molecule has 1 amide bonds. The smallest absolute Gasteiger partial charge is 0.263 e. The molecule has 23 heavy (non-hydrogen) atoms. The summed E-state index contributed by atoms with van der Waals surface area (Å²) in [6.45, 7) is 0. The van der Waals surface area contributed by atoms with Crippen LogP contribution in [-0.2, 0) is 4.79 Å². The lowest BCUT2D eigenvalue weighted by atomic mass is 9.96. The van der Waals surface area contributed by atoms with Crippen molar-refractivity contribution in [2.75, 3.05) is 0 Å². The first-order chi connectivity index (χ1) is 11.0. The zero-order valence-electron chi connectivity index (χ0n) is 11.7. The van der Waals surface area contributed by atoms with E-state index in [0.717, 1.165) is 10.0 Å². The summed E-state index contributed by atoms with van der Waals surface area (Å²) in [4.78, 5) is 12.4. The summed E-state index contributed by atoms with van der Waals surface area (Å²) in [5.41, 5.74) is 1.39. The topological polar surface area (TPSA) is 38.3 Å². The van der Waals surface area contributed by atoms with Crippen LogP contribution in [0.2, 0.25) is 0 Å². The standard InChI is InChI=1S/C16H9BBrNO2S2/c17-10-2-1-3-12(8-10)21-13-5-4-11(18)6-9(13)7-14-15(20)19-16(22)23-14/h1-8H,(H,19,20,22)/b14-7-. The van der Waals surface area contributed by atoms with E-state index in [0.29, 0.717) is 26.2 Å². The van der Waals surface area contributed by atoms with E-state index < -0.39 is 0 Å². The van der Waals surface area contributed by atoms with Crippen LogP contribution in [-0.4, -0.2) is 18.1 Å². The third-order valence-electron chi connectivity index (χ3n) is 2.99. The number of carbonyl (C=O) groups is 1. The predicted octanol–water partition coefficient (Wildman–Crippen LogP) is 3.52. The number of amides is 1. The summed E-state index contributed by atoms with van der Waals surface area (Å²) < 4.78 is 7.24. The molecule has 0 aliphatic carbocycles. The van der Waals surface area contributed by atoms with Gasteiger partial charge in [0, 0.05) is 10.0 Å². The van der Waals surface area contributed by atoms with E-state index in [2.05, 4.69) is 21.2 Å². The number of thioether (sulfide) groups is 1. The van der Waals surface area contributed by atoms with Gasteiger partial charge in [0.05, 0.1) is 4.91 Å². The van der Waals surface area contributed by atoms with Gasteiger partial charge in [0.1, 0.15) is 23.7 Å². The van der Waals surface area contributed by atoms with Crippen LogP contribution in [0, 0.1) is 0 Å². The maximum absolute atomic E-state index is 11.8. The minimum Gasteiger partial charge on any atom is -0.457 e. The largest absolute Gasteiger partial charge is 0.457 e. The van der Waals surface area contributed by atoms with Gasteiger partial charge in [0.15, 0.2) is 0 Å². The molecule has 1 N–H and O–H groups in total. The first-order valence-electron chi connectivity index (χ1n) is 6.59. The van der Waals surface area contributed by atoms with Crippen molar-refractivity contribution in [2.45, 2.75) is 0 Å². The fourth-order valence-electron chi connectivity index (χ4n) is 1.99. The van der Waals surface area contributed by atoms with E-state index in [-0.39, 0.29) is 5.91 Å². The Morgan fingerprint density at radius 1 is 1.26 bits per heavy atom. The molecule has 0 spiro atoms. The lowest BCUT2D eigenvalue weighted by Gasteiger charge is -2.10. The Labute approximate surface area is 153 Å². The number of ether oxygens (including phenoxy) is 1. The summed E-state index contributed by atoms with van der Waals surface area (Å²) in [5, 5.41) is 2.60. The molecule has 112 valence electrons. The van der Waals surface area contributed by atoms with E-state index in [9.17, 15) is 4.79 Å². The van der Waals surface area contributed by atoms with Crippen molar-refractivity contribution < 1.29 is 9.53 Å². The first-order valence-corrected chi connectivity index (χ1v) is 8.61. The van der Waals surface area contributed by atoms with Crippen LogP contribution in [0.4, 0.5) is 0 Å². The molecule has 1 fully saturated rings. The second kappa shape index (κ2) is 6.90. The van der Waals surface area contributed by atoms with Crippen LogP contribution in [0.5, 0.6) is 11.5 Å². The molecule has 0 atom stereocenters. The molecule has 1 heterocycles. The summed E-state index contributed by atoms with van der Waals surface area (Å²) in [6.07, 6.45) is 1.76. The molecule has 3 nitrogen and oxygen atoms in total. The summed E-state index contributed by atoms with van der Waals surface area (Å²) >= 11 is 9.67. The Hall–Kier alpha value is -1.57. The molecule has 0 unspecified atom stereocenters. The van der Waals surface area contributed by atoms with Crippen molar-refractivity contribution in [2.24, 2.45) is 0 Å². The van der Waals surface area contributed by atoms with Crippen molar-refractivity contribution in [1.29, 1.82) is 0 Å². The van der Waals surface area contributed by atoms with Gasteiger partial charge in [-0.05, 0) is 36.4 Å². The third kappa shape index (κ3) is 4.05. The Kier molecular flexibility index (Phi) is 4.89. The van der Waals surface area contributed by atoms with Gasteiger partial charge in [-0.3, -0.25) is 4.79 Å². The molecule has 1 aliphatic rings. The molecule has 2 aromatic carbocycles. The zero-order valence-corrected chi connectivity index (χ0v) is 14.9. The Balaban J connectivity index is 1.97. The van der Waals surface area contributed by atoms with Gasteiger partial charge in [-0.25, -0.2) is 0 Å². The number of halogens is 1. The van der Waals surface area contributed by atoms with Gasteiger partial charge in [0.2, 0.25) is 0 Å². The SMILES string of the molecule is [B]c1cccc(Oc2ccc(Br)cc2/C=C2\SC(=S)NC2=O)c1. The maximum atomic E-state index is 11.8. The van der Waals surface area contributed by atoms with E-state index in [4.69, 9.17) is 24.8 Å². The van der Waals surface area contributed by atoms with Crippen molar-refractivity contribution >= 4 is 69.5 Å². The average molecular weight is 402 g/mol. The quantitative estimate of drug-likeness (QED) is 0.485. The van der Waals surface area contributed by atoms with Crippen molar-refractivity contribution in [3.63, 3.8) is 0 Å². The monoisotopic (exact) mass is 401 g/mol. The van der Waals surface area contributed by atoms with Gasteiger partial charge in [-0.1, -0.05) is 57.5 Å². The second-order valence-electron chi connectivity index (χ2n) is 4.71. The summed E-state index contributed by atoms with van der Waals surface area (Å²) in [7, 11) is 5.77. The number of hydrogen-bond donors (Lipinski definition) is 1. The van der Waals surface area contributed by atoms with Gasteiger partial charge < -0.3 is 10.1 Å². The lowest BCUT2D eigenvalue weighted by Crippen LogP contribution is -2.17. The molecule has 0 saturated carbocycles. The van der Waals surface area contributed by atoms with E-state index in [1.54, 1.807) is 18.2 Å². The molecule has 0 aromatic heterocycles. The molecule has 0 bridgehead atoms. The molecule has 1 aliphatic heterocycles. The van der Waals surface area contributed by atoms with Crippen LogP contribution >= 0.6 is 39.9 Å².